The highest BCUT2D eigenvalue weighted by atomic mass is 19.1. The van der Waals surface area contributed by atoms with E-state index in [2.05, 4.69) is 10.6 Å². The first-order valence-corrected chi connectivity index (χ1v) is 5.56. The Labute approximate surface area is 102 Å². The zero-order valence-corrected chi connectivity index (χ0v) is 9.48. The van der Waals surface area contributed by atoms with Gasteiger partial charge in [0.05, 0.1) is 11.0 Å². The maximum Gasteiger partial charge on any atom is 0.304 e. The SMILES string of the molecule is O=C(Nc1ccc([N+](=O)[O-])c(F)c1)[C@@H]1CCCN1. The summed E-state index contributed by atoms with van der Waals surface area (Å²) in [5.74, 6) is -1.21. The van der Waals surface area contributed by atoms with Crippen LogP contribution < -0.4 is 10.6 Å². The summed E-state index contributed by atoms with van der Waals surface area (Å²) >= 11 is 0. The van der Waals surface area contributed by atoms with E-state index in [0.717, 1.165) is 31.5 Å². The molecule has 0 saturated carbocycles. The zero-order chi connectivity index (χ0) is 13.1. The molecule has 0 aromatic heterocycles. The van der Waals surface area contributed by atoms with Crippen molar-refractivity contribution in [3.8, 4) is 0 Å². The van der Waals surface area contributed by atoms with E-state index in [9.17, 15) is 19.3 Å². The van der Waals surface area contributed by atoms with Crippen LogP contribution in [0, 0.1) is 15.9 Å². The number of rotatable bonds is 3. The number of nitrogens with zero attached hydrogens (tertiary/aromatic N) is 1. The number of nitrogens with one attached hydrogen (secondary N) is 2. The number of hydrogen-bond donors (Lipinski definition) is 2. The monoisotopic (exact) mass is 253 g/mol. The lowest BCUT2D eigenvalue weighted by Crippen LogP contribution is -2.35. The second-order valence-corrected chi connectivity index (χ2v) is 4.06. The van der Waals surface area contributed by atoms with Crippen molar-refractivity contribution in [2.24, 2.45) is 0 Å². The highest BCUT2D eigenvalue weighted by Crippen LogP contribution is 2.21. The van der Waals surface area contributed by atoms with Gasteiger partial charge < -0.3 is 10.6 Å². The molecule has 0 radical (unpaired) electrons. The Hall–Kier alpha value is -2.02. The Balaban J connectivity index is 2.07. The number of nitro groups is 1. The molecule has 2 N–H and O–H groups in total. The maximum absolute atomic E-state index is 13.3. The van der Waals surface area contributed by atoms with Crippen LogP contribution in [0.2, 0.25) is 0 Å². The Kier molecular flexibility index (Phi) is 3.52. The smallest absolute Gasteiger partial charge is 0.304 e. The average molecular weight is 253 g/mol. The van der Waals surface area contributed by atoms with Crippen molar-refractivity contribution >= 4 is 17.3 Å². The van der Waals surface area contributed by atoms with Crippen molar-refractivity contribution in [3.63, 3.8) is 0 Å². The number of nitro benzene ring substituents is 1. The van der Waals surface area contributed by atoms with Gasteiger partial charge in [-0.1, -0.05) is 0 Å². The van der Waals surface area contributed by atoms with Gasteiger partial charge in [0.15, 0.2) is 0 Å². The summed E-state index contributed by atoms with van der Waals surface area (Å²) in [6, 6.07) is 3.02. The molecule has 96 valence electrons. The summed E-state index contributed by atoms with van der Waals surface area (Å²) in [6.45, 7) is 0.784. The molecular formula is C11H12FN3O3. The van der Waals surface area contributed by atoms with Crippen molar-refractivity contribution in [2.75, 3.05) is 11.9 Å². The molecular weight excluding hydrogens is 241 g/mol. The highest BCUT2D eigenvalue weighted by Gasteiger charge is 2.22. The van der Waals surface area contributed by atoms with Crippen LogP contribution in [0.3, 0.4) is 0 Å². The number of benzene rings is 1. The second-order valence-electron chi connectivity index (χ2n) is 4.06. The summed E-state index contributed by atoms with van der Waals surface area (Å²) < 4.78 is 13.3. The van der Waals surface area contributed by atoms with Gasteiger partial charge in [0, 0.05) is 17.8 Å². The topological polar surface area (TPSA) is 84.3 Å². The first-order chi connectivity index (χ1) is 8.58. The summed E-state index contributed by atoms with van der Waals surface area (Å²) in [5.41, 5.74) is -0.385. The molecule has 1 fully saturated rings. The predicted molar refractivity (Wildman–Crippen MR) is 62.7 cm³/mol. The molecule has 1 aromatic rings. The zero-order valence-electron chi connectivity index (χ0n) is 9.48. The highest BCUT2D eigenvalue weighted by molar-refractivity contribution is 5.95. The van der Waals surface area contributed by atoms with E-state index in [1.54, 1.807) is 0 Å². The van der Waals surface area contributed by atoms with E-state index < -0.39 is 16.4 Å². The number of hydrogen-bond acceptors (Lipinski definition) is 4. The molecule has 0 aliphatic carbocycles. The summed E-state index contributed by atoms with van der Waals surface area (Å²) in [7, 11) is 0. The fourth-order valence-electron chi connectivity index (χ4n) is 1.87. The molecule has 0 unspecified atom stereocenters. The minimum absolute atomic E-state index is 0.219. The van der Waals surface area contributed by atoms with Gasteiger partial charge in [0.1, 0.15) is 0 Å². The lowest BCUT2D eigenvalue weighted by molar-refractivity contribution is -0.387. The minimum atomic E-state index is -0.961. The molecule has 18 heavy (non-hydrogen) atoms. The van der Waals surface area contributed by atoms with Gasteiger partial charge >= 0.3 is 5.69 Å². The quantitative estimate of drug-likeness (QED) is 0.630. The van der Waals surface area contributed by atoms with Crippen LogP contribution in [0.1, 0.15) is 12.8 Å². The fraction of sp³-hybridized carbons (Fsp3) is 0.364. The van der Waals surface area contributed by atoms with Crippen molar-refractivity contribution in [1.29, 1.82) is 0 Å². The lowest BCUT2D eigenvalue weighted by Gasteiger charge is -2.10. The molecule has 2 rings (SSSR count). The van der Waals surface area contributed by atoms with Crippen LogP contribution in [0.25, 0.3) is 0 Å². The molecule has 0 spiro atoms. The molecule has 0 bridgehead atoms. The minimum Gasteiger partial charge on any atom is -0.325 e. The molecule has 1 heterocycles. The van der Waals surface area contributed by atoms with E-state index in [1.165, 1.54) is 6.07 Å². The van der Waals surface area contributed by atoms with Crippen LogP contribution in [0.4, 0.5) is 15.8 Å². The van der Waals surface area contributed by atoms with Gasteiger partial charge in [-0.2, -0.15) is 4.39 Å². The molecule has 1 aliphatic heterocycles. The van der Waals surface area contributed by atoms with E-state index >= 15 is 0 Å². The molecule has 1 aromatic carbocycles. The fourth-order valence-corrected chi connectivity index (χ4v) is 1.87. The molecule has 1 amide bonds. The largest absolute Gasteiger partial charge is 0.325 e. The van der Waals surface area contributed by atoms with E-state index in [0.29, 0.717) is 0 Å². The van der Waals surface area contributed by atoms with Crippen LogP contribution in [-0.4, -0.2) is 23.4 Å². The first kappa shape index (κ1) is 12.4. The number of carbonyl (C=O) groups is 1. The van der Waals surface area contributed by atoms with Gasteiger partial charge in [0.25, 0.3) is 0 Å². The summed E-state index contributed by atoms with van der Waals surface area (Å²) in [4.78, 5) is 21.3. The number of carbonyl (C=O) groups excluding carboxylic acids is 1. The van der Waals surface area contributed by atoms with Gasteiger partial charge in [-0.15, -0.1) is 0 Å². The van der Waals surface area contributed by atoms with Gasteiger partial charge in [0.2, 0.25) is 11.7 Å². The Morgan fingerprint density at radius 2 is 2.33 bits per heavy atom. The summed E-state index contributed by atoms with van der Waals surface area (Å²) in [6.07, 6.45) is 1.66. The number of halogens is 1. The first-order valence-electron chi connectivity index (χ1n) is 5.56. The van der Waals surface area contributed by atoms with Crippen LogP contribution in [-0.2, 0) is 4.79 Å². The second kappa shape index (κ2) is 5.09. The van der Waals surface area contributed by atoms with Gasteiger partial charge in [-0.3, -0.25) is 14.9 Å². The summed E-state index contributed by atoms with van der Waals surface area (Å²) in [5, 5.41) is 16.0. The third-order valence-corrected chi connectivity index (χ3v) is 2.79. The van der Waals surface area contributed by atoms with Crippen molar-refractivity contribution in [3.05, 3.63) is 34.1 Å². The van der Waals surface area contributed by atoms with E-state index in [1.807, 2.05) is 0 Å². The molecule has 6 nitrogen and oxygen atoms in total. The molecule has 7 heteroatoms. The van der Waals surface area contributed by atoms with E-state index in [4.69, 9.17) is 0 Å². The normalized spacial score (nSPS) is 18.6. The Morgan fingerprint density at radius 1 is 1.56 bits per heavy atom. The molecule has 1 atom stereocenters. The van der Waals surface area contributed by atoms with Crippen molar-refractivity contribution in [1.82, 2.24) is 5.32 Å². The van der Waals surface area contributed by atoms with Gasteiger partial charge in [-0.05, 0) is 25.5 Å². The van der Waals surface area contributed by atoms with Crippen LogP contribution >= 0.6 is 0 Å². The standard InChI is InChI=1S/C11H12FN3O3/c12-8-6-7(3-4-10(8)15(17)18)14-11(16)9-2-1-5-13-9/h3-4,6,9,13H,1-2,5H2,(H,14,16)/t9-/m0/s1. The Morgan fingerprint density at radius 3 is 2.89 bits per heavy atom. The molecule has 1 aliphatic rings. The van der Waals surface area contributed by atoms with Crippen LogP contribution in [0.15, 0.2) is 18.2 Å². The van der Waals surface area contributed by atoms with Crippen molar-refractivity contribution < 1.29 is 14.1 Å². The van der Waals surface area contributed by atoms with Crippen molar-refractivity contribution in [2.45, 2.75) is 18.9 Å². The van der Waals surface area contributed by atoms with E-state index in [-0.39, 0.29) is 17.6 Å². The maximum atomic E-state index is 13.3. The third kappa shape index (κ3) is 2.62. The van der Waals surface area contributed by atoms with Crippen LogP contribution in [0.5, 0.6) is 0 Å². The average Bonchev–Trinajstić information content (AvgIpc) is 2.81. The predicted octanol–water partition coefficient (Wildman–Crippen LogP) is 1.42. The number of amides is 1. The Bertz CT molecular complexity index is 486. The lowest BCUT2D eigenvalue weighted by atomic mass is 10.2. The third-order valence-electron chi connectivity index (χ3n) is 2.79. The number of anilines is 1. The molecule has 1 saturated heterocycles. The van der Waals surface area contributed by atoms with Gasteiger partial charge in [-0.25, -0.2) is 0 Å².